The number of hydrogen-bond donors (Lipinski definition) is 1. The molecule has 0 saturated heterocycles. The average molecular weight is 281 g/mol. The topological polar surface area (TPSA) is 12.0 Å². The summed E-state index contributed by atoms with van der Waals surface area (Å²) in [6.07, 6.45) is 3.11. The van der Waals surface area contributed by atoms with E-state index < -0.39 is 11.6 Å². The van der Waals surface area contributed by atoms with Crippen molar-refractivity contribution >= 4 is 0 Å². The van der Waals surface area contributed by atoms with Gasteiger partial charge in [-0.25, -0.2) is 8.78 Å². The van der Waals surface area contributed by atoms with E-state index in [0.29, 0.717) is 11.8 Å². The Kier molecular flexibility index (Phi) is 4.79. The van der Waals surface area contributed by atoms with Gasteiger partial charge in [0.1, 0.15) is 11.6 Å². The van der Waals surface area contributed by atoms with Crippen molar-refractivity contribution < 1.29 is 8.78 Å². The SMILES string of the molecule is CCCNCC1(c2cc(F)cc(F)c2)CC(C(C)C)C1. The minimum Gasteiger partial charge on any atom is -0.316 e. The summed E-state index contributed by atoms with van der Waals surface area (Å²) in [6, 6.07) is 3.97. The number of benzene rings is 1. The summed E-state index contributed by atoms with van der Waals surface area (Å²) in [5, 5.41) is 3.43. The molecular weight excluding hydrogens is 256 g/mol. The fourth-order valence-electron chi connectivity index (χ4n) is 3.26. The number of hydrogen-bond acceptors (Lipinski definition) is 1. The molecule has 0 amide bonds. The van der Waals surface area contributed by atoms with Crippen molar-refractivity contribution in [1.82, 2.24) is 5.32 Å². The predicted octanol–water partition coefficient (Wildman–Crippen LogP) is 4.27. The number of nitrogens with one attached hydrogen (secondary N) is 1. The lowest BCUT2D eigenvalue weighted by Gasteiger charge is -2.50. The van der Waals surface area contributed by atoms with Gasteiger partial charge in [-0.3, -0.25) is 0 Å². The van der Waals surface area contributed by atoms with Gasteiger partial charge in [-0.05, 0) is 55.3 Å². The fourth-order valence-corrected chi connectivity index (χ4v) is 3.26. The van der Waals surface area contributed by atoms with Gasteiger partial charge in [-0.2, -0.15) is 0 Å². The Morgan fingerprint density at radius 2 is 1.80 bits per heavy atom. The van der Waals surface area contributed by atoms with Crippen LogP contribution in [0.3, 0.4) is 0 Å². The first-order valence-electron chi connectivity index (χ1n) is 7.64. The van der Waals surface area contributed by atoms with Crippen molar-refractivity contribution in [2.75, 3.05) is 13.1 Å². The highest BCUT2D eigenvalue weighted by atomic mass is 19.1. The summed E-state index contributed by atoms with van der Waals surface area (Å²) in [6.45, 7) is 8.33. The van der Waals surface area contributed by atoms with Crippen LogP contribution in [-0.2, 0) is 5.41 Å². The minimum atomic E-state index is -0.470. The molecule has 1 fully saturated rings. The zero-order chi connectivity index (χ0) is 14.8. The Balaban J connectivity index is 2.19. The van der Waals surface area contributed by atoms with E-state index in [4.69, 9.17) is 0 Å². The van der Waals surface area contributed by atoms with E-state index in [9.17, 15) is 8.78 Å². The summed E-state index contributed by atoms with van der Waals surface area (Å²) in [5.41, 5.74) is 0.725. The highest BCUT2D eigenvalue weighted by Gasteiger charge is 2.46. The Morgan fingerprint density at radius 1 is 1.20 bits per heavy atom. The summed E-state index contributed by atoms with van der Waals surface area (Å²) in [7, 11) is 0. The van der Waals surface area contributed by atoms with Gasteiger partial charge in [0.05, 0.1) is 0 Å². The zero-order valence-corrected chi connectivity index (χ0v) is 12.7. The van der Waals surface area contributed by atoms with Gasteiger partial charge in [0, 0.05) is 18.0 Å². The lowest BCUT2D eigenvalue weighted by molar-refractivity contribution is 0.0973. The second-order valence-corrected chi connectivity index (χ2v) is 6.53. The molecule has 1 nitrogen and oxygen atoms in total. The Bertz CT molecular complexity index is 430. The maximum absolute atomic E-state index is 13.5. The molecule has 1 N–H and O–H groups in total. The van der Waals surface area contributed by atoms with Crippen LogP contribution in [0.25, 0.3) is 0 Å². The molecule has 0 aliphatic heterocycles. The first kappa shape index (κ1) is 15.4. The van der Waals surface area contributed by atoms with Crippen LogP contribution in [-0.4, -0.2) is 13.1 Å². The van der Waals surface area contributed by atoms with Crippen molar-refractivity contribution in [2.24, 2.45) is 11.8 Å². The molecule has 1 saturated carbocycles. The van der Waals surface area contributed by atoms with Crippen molar-refractivity contribution in [1.29, 1.82) is 0 Å². The van der Waals surface area contributed by atoms with Crippen molar-refractivity contribution in [3.8, 4) is 0 Å². The molecule has 2 rings (SSSR count). The van der Waals surface area contributed by atoms with Crippen molar-refractivity contribution in [3.63, 3.8) is 0 Å². The minimum absolute atomic E-state index is 0.0902. The van der Waals surface area contributed by atoms with E-state index in [1.807, 2.05) is 0 Å². The fraction of sp³-hybridized carbons (Fsp3) is 0.647. The van der Waals surface area contributed by atoms with E-state index in [1.165, 1.54) is 12.1 Å². The molecule has 0 aromatic heterocycles. The lowest BCUT2D eigenvalue weighted by Crippen LogP contribution is -2.50. The van der Waals surface area contributed by atoms with Crippen LogP contribution in [0.1, 0.15) is 45.6 Å². The van der Waals surface area contributed by atoms with Crippen LogP contribution in [0, 0.1) is 23.5 Å². The molecule has 0 bridgehead atoms. The molecule has 0 heterocycles. The van der Waals surface area contributed by atoms with Gasteiger partial charge in [0.2, 0.25) is 0 Å². The summed E-state index contributed by atoms with van der Waals surface area (Å²) >= 11 is 0. The molecule has 112 valence electrons. The van der Waals surface area contributed by atoms with Crippen molar-refractivity contribution in [2.45, 2.75) is 45.4 Å². The molecule has 20 heavy (non-hydrogen) atoms. The molecule has 0 spiro atoms. The molecule has 0 unspecified atom stereocenters. The maximum Gasteiger partial charge on any atom is 0.126 e. The summed E-state index contributed by atoms with van der Waals surface area (Å²) < 4.78 is 27.0. The van der Waals surface area contributed by atoms with E-state index in [-0.39, 0.29) is 5.41 Å². The standard InChI is InChI=1S/C17H25F2N/c1-4-5-20-11-17(9-13(10-17)12(2)3)14-6-15(18)8-16(19)7-14/h6-8,12-13,20H,4-5,9-11H2,1-3H3. The third-order valence-corrected chi connectivity index (χ3v) is 4.61. The Hall–Kier alpha value is -0.960. The molecule has 0 radical (unpaired) electrons. The maximum atomic E-state index is 13.5. The lowest BCUT2D eigenvalue weighted by atomic mass is 9.56. The van der Waals surface area contributed by atoms with Crippen LogP contribution >= 0.6 is 0 Å². The second kappa shape index (κ2) is 6.21. The number of rotatable bonds is 6. The quantitative estimate of drug-likeness (QED) is 0.768. The summed E-state index contributed by atoms with van der Waals surface area (Å²) in [4.78, 5) is 0. The van der Waals surface area contributed by atoms with Crippen LogP contribution in [0.2, 0.25) is 0 Å². The molecule has 0 atom stereocenters. The highest BCUT2D eigenvalue weighted by Crippen LogP contribution is 2.50. The number of halogens is 2. The molecule has 3 heteroatoms. The first-order valence-corrected chi connectivity index (χ1v) is 7.64. The van der Waals surface area contributed by atoms with Crippen LogP contribution in [0.4, 0.5) is 8.78 Å². The van der Waals surface area contributed by atoms with E-state index in [1.54, 1.807) is 0 Å². The third-order valence-electron chi connectivity index (χ3n) is 4.61. The van der Waals surface area contributed by atoms with Crippen LogP contribution in [0.5, 0.6) is 0 Å². The van der Waals surface area contributed by atoms with Crippen molar-refractivity contribution in [3.05, 3.63) is 35.4 Å². The van der Waals surface area contributed by atoms with E-state index in [0.717, 1.165) is 44.0 Å². The third kappa shape index (κ3) is 3.20. The molecule has 1 aliphatic rings. The zero-order valence-electron chi connectivity index (χ0n) is 12.7. The van der Waals surface area contributed by atoms with E-state index >= 15 is 0 Å². The largest absolute Gasteiger partial charge is 0.316 e. The molecular formula is C17H25F2N. The smallest absolute Gasteiger partial charge is 0.126 e. The van der Waals surface area contributed by atoms with Gasteiger partial charge < -0.3 is 5.32 Å². The van der Waals surface area contributed by atoms with E-state index in [2.05, 4.69) is 26.1 Å². The summed E-state index contributed by atoms with van der Waals surface area (Å²) in [5.74, 6) is 0.350. The predicted molar refractivity (Wildman–Crippen MR) is 78.8 cm³/mol. The normalized spacial score (nSPS) is 25.8. The van der Waals surface area contributed by atoms with Gasteiger partial charge in [-0.1, -0.05) is 20.8 Å². The molecule has 1 aliphatic carbocycles. The van der Waals surface area contributed by atoms with Gasteiger partial charge in [0.25, 0.3) is 0 Å². The Morgan fingerprint density at radius 3 is 2.30 bits per heavy atom. The van der Waals surface area contributed by atoms with Crippen LogP contribution < -0.4 is 5.32 Å². The Labute approximate surface area is 120 Å². The molecule has 1 aromatic carbocycles. The monoisotopic (exact) mass is 281 g/mol. The average Bonchev–Trinajstić information content (AvgIpc) is 2.30. The molecule has 1 aromatic rings. The van der Waals surface area contributed by atoms with Gasteiger partial charge >= 0.3 is 0 Å². The second-order valence-electron chi connectivity index (χ2n) is 6.53. The van der Waals surface area contributed by atoms with Crippen LogP contribution in [0.15, 0.2) is 18.2 Å². The highest BCUT2D eigenvalue weighted by molar-refractivity contribution is 5.31. The first-order chi connectivity index (χ1) is 9.47. The van der Waals surface area contributed by atoms with Gasteiger partial charge in [0.15, 0.2) is 0 Å². The van der Waals surface area contributed by atoms with Gasteiger partial charge in [-0.15, -0.1) is 0 Å².